The van der Waals surface area contributed by atoms with Crippen molar-refractivity contribution >= 4 is 68.3 Å². The molecule has 6 aromatic rings. The van der Waals surface area contributed by atoms with Gasteiger partial charge < -0.3 is 9.32 Å². The van der Waals surface area contributed by atoms with Crippen molar-refractivity contribution < 1.29 is 14.0 Å². The number of carbonyl (C=O) groups is 2. The van der Waals surface area contributed by atoms with Crippen molar-refractivity contribution in [2.75, 3.05) is 9.80 Å². The fourth-order valence-corrected chi connectivity index (χ4v) is 8.18. The summed E-state index contributed by atoms with van der Waals surface area (Å²) in [5.74, 6) is -0.651. The molecule has 11 heteroatoms. The van der Waals surface area contributed by atoms with Crippen LogP contribution >= 0.6 is 34.7 Å². The second-order valence-corrected chi connectivity index (χ2v) is 13.2. The molecule has 1 atom stereocenters. The number of nitrogens with zero attached hydrogens (tertiary/aromatic N) is 4. The number of fused-ring (bicyclic) bond motifs is 5. The zero-order valence-electron chi connectivity index (χ0n) is 23.3. The van der Waals surface area contributed by atoms with Crippen LogP contribution in [0.2, 0.25) is 5.02 Å². The number of amides is 2. The monoisotopic (exact) mass is 648 g/mol. The summed E-state index contributed by atoms with van der Waals surface area (Å²) in [6, 6.07) is 31.1. The molecule has 8 nitrogen and oxygen atoms in total. The summed E-state index contributed by atoms with van der Waals surface area (Å²) in [4.78, 5) is 46.8. The van der Waals surface area contributed by atoms with E-state index in [0.29, 0.717) is 26.4 Å². The second-order valence-electron chi connectivity index (χ2n) is 10.6. The highest BCUT2D eigenvalue weighted by Crippen LogP contribution is 2.55. The van der Waals surface area contributed by atoms with Crippen molar-refractivity contribution in [1.29, 1.82) is 0 Å². The largest absolute Gasteiger partial charge is 0.450 e. The van der Waals surface area contributed by atoms with E-state index in [1.54, 1.807) is 47.4 Å². The highest BCUT2D eigenvalue weighted by molar-refractivity contribution is 8.00. The molecule has 0 radical (unpaired) electrons. The van der Waals surface area contributed by atoms with Crippen LogP contribution in [-0.2, 0) is 22.6 Å². The van der Waals surface area contributed by atoms with Crippen molar-refractivity contribution in [2.45, 2.75) is 22.2 Å². The molecule has 4 heterocycles. The van der Waals surface area contributed by atoms with E-state index < -0.39 is 22.8 Å². The molecule has 2 aliphatic heterocycles. The van der Waals surface area contributed by atoms with Crippen LogP contribution in [0.5, 0.6) is 0 Å². The van der Waals surface area contributed by atoms with Crippen LogP contribution in [0.4, 0.5) is 10.8 Å². The molecule has 220 valence electrons. The van der Waals surface area contributed by atoms with Gasteiger partial charge in [-0.05, 0) is 35.4 Å². The van der Waals surface area contributed by atoms with Gasteiger partial charge in [0.15, 0.2) is 15.3 Å². The van der Waals surface area contributed by atoms with Gasteiger partial charge in [0.25, 0.3) is 11.8 Å². The maximum atomic E-state index is 15.1. The Kier molecular flexibility index (Phi) is 6.59. The topological polar surface area (TPSA) is 96.6 Å². The molecule has 2 aliphatic rings. The summed E-state index contributed by atoms with van der Waals surface area (Å²) in [5.41, 5.74) is 0.778. The average molecular weight is 649 g/mol. The van der Waals surface area contributed by atoms with E-state index in [1.807, 2.05) is 60.7 Å². The first-order chi connectivity index (χ1) is 22.0. The van der Waals surface area contributed by atoms with Gasteiger partial charge in [-0.2, -0.15) is 0 Å². The molecule has 0 aliphatic carbocycles. The number of carbonyl (C=O) groups excluding carboxylic acids is 2. The fourth-order valence-electron chi connectivity index (χ4n) is 6.13. The summed E-state index contributed by atoms with van der Waals surface area (Å²) >= 11 is 9.20. The SMILES string of the molecule is O=C1c2oc3ccccc3c(=O)c2C2(C(=O)N(Cc3ccccc3Cl)c3ccccc32)N1c1nnc(SCc2ccccc2)s1. The van der Waals surface area contributed by atoms with Crippen LogP contribution in [0.25, 0.3) is 11.0 Å². The summed E-state index contributed by atoms with van der Waals surface area (Å²) in [6.45, 7) is 0.127. The number of hydrogen-bond donors (Lipinski definition) is 0. The Labute approximate surface area is 269 Å². The van der Waals surface area contributed by atoms with E-state index in [0.717, 1.165) is 11.1 Å². The minimum absolute atomic E-state index is 0.0287. The summed E-state index contributed by atoms with van der Waals surface area (Å²) in [6.07, 6.45) is 0. The van der Waals surface area contributed by atoms with Crippen LogP contribution in [-0.4, -0.2) is 22.0 Å². The minimum Gasteiger partial charge on any atom is -0.450 e. The molecule has 0 N–H and O–H groups in total. The molecule has 4 aromatic carbocycles. The van der Waals surface area contributed by atoms with Gasteiger partial charge in [0.1, 0.15) is 5.58 Å². The molecular weight excluding hydrogens is 628 g/mol. The lowest BCUT2D eigenvalue weighted by molar-refractivity contribution is -0.121. The Morgan fingerprint density at radius 1 is 0.844 bits per heavy atom. The number of benzene rings is 4. The van der Waals surface area contributed by atoms with Crippen LogP contribution in [0.15, 0.2) is 117 Å². The predicted molar refractivity (Wildman–Crippen MR) is 175 cm³/mol. The number of rotatable bonds is 6. The first-order valence-corrected chi connectivity index (χ1v) is 16.2. The molecule has 45 heavy (non-hydrogen) atoms. The number of halogens is 1. The Hall–Kier alpha value is -4.77. The first-order valence-electron chi connectivity index (χ1n) is 14.0. The predicted octanol–water partition coefficient (Wildman–Crippen LogP) is 7.04. The molecule has 2 amide bonds. The average Bonchev–Trinajstić information content (AvgIpc) is 3.71. The van der Waals surface area contributed by atoms with E-state index >= 15 is 4.79 Å². The van der Waals surface area contributed by atoms with Gasteiger partial charge in [-0.1, -0.05) is 114 Å². The highest BCUT2D eigenvalue weighted by Gasteiger charge is 2.66. The molecule has 1 spiro atoms. The molecule has 8 rings (SSSR count). The Bertz CT molecular complexity index is 2220. The lowest BCUT2D eigenvalue weighted by atomic mass is 9.84. The Balaban J connectivity index is 1.33. The van der Waals surface area contributed by atoms with E-state index in [4.69, 9.17) is 16.0 Å². The molecule has 2 aromatic heterocycles. The third-order valence-electron chi connectivity index (χ3n) is 8.11. The molecule has 0 saturated heterocycles. The minimum atomic E-state index is -1.87. The van der Waals surface area contributed by atoms with Crippen molar-refractivity contribution in [2.24, 2.45) is 0 Å². The Morgan fingerprint density at radius 2 is 1.58 bits per heavy atom. The van der Waals surface area contributed by atoms with Gasteiger partial charge in [-0.3, -0.25) is 19.3 Å². The standard InChI is InChI=1S/C34H21ClN4O4S2/c35-24-15-7-4-12-21(24)18-38-25-16-8-6-14-23(25)34(31(38)42)27-28(40)22-13-5-9-17-26(22)43-29(27)30(41)39(34)32-36-37-33(45-32)44-19-20-10-2-1-3-11-20/h1-17H,18-19H2. The van der Waals surface area contributed by atoms with Gasteiger partial charge in [0.05, 0.1) is 23.2 Å². The zero-order valence-corrected chi connectivity index (χ0v) is 25.7. The lowest BCUT2D eigenvalue weighted by Gasteiger charge is -2.32. The maximum absolute atomic E-state index is 15.1. The highest BCUT2D eigenvalue weighted by atomic mass is 35.5. The third kappa shape index (κ3) is 4.17. The number of anilines is 2. The van der Waals surface area contributed by atoms with E-state index in [2.05, 4.69) is 10.2 Å². The van der Waals surface area contributed by atoms with Crippen molar-refractivity contribution in [1.82, 2.24) is 10.2 Å². The van der Waals surface area contributed by atoms with Gasteiger partial charge in [0.2, 0.25) is 10.9 Å². The summed E-state index contributed by atoms with van der Waals surface area (Å²) in [5, 5.41) is 9.74. The van der Waals surface area contributed by atoms with E-state index in [1.165, 1.54) is 28.0 Å². The van der Waals surface area contributed by atoms with Gasteiger partial charge in [0, 0.05) is 16.3 Å². The number of hydrogen-bond acceptors (Lipinski definition) is 8. The summed E-state index contributed by atoms with van der Waals surface area (Å²) in [7, 11) is 0. The van der Waals surface area contributed by atoms with Crippen molar-refractivity contribution in [3.63, 3.8) is 0 Å². The van der Waals surface area contributed by atoms with Gasteiger partial charge in [-0.25, -0.2) is 0 Å². The van der Waals surface area contributed by atoms with Gasteiger partial charge in [-0.15, -0.1) is 10.2 Å². The van der Waals surface area contributed by atoms with Crippen molar-refractivity contribution in [3.8, 4) is 0 Å². The van der Waals surface area contributed by atoms with Crippen LogP contribution in [0.1, 0.15) is 32.8 Å². The van der Waals surface area contributed by atoms with Crippen LogP contribution in [0.3, 0.4) is 0 Å². The molecule has 0 fully saturated rings. The van der Waals surface area contributed by atoms with Crippen molar-refractivity contribution in [3.05, 3.63) is 146 Å². The van der Waals surface area contributed by atoms with E-state index in [-0.39, 0.29) is 34.0 Å². The molecular formula is C34H21ClN4O4S2. The number of para-hydroxylation sites is 2. The lowest BCUT2D eigenvalue weighted by Crippen LogP contribution is -2.53. The molecule has 0 saturated carbocycles. The summed E-state index contributed by atoms with van der Waals surface area (Å²) < 4.78 is 6.77. The van der Waals surface area contributed by atoms with Crippen LogP contribution < -0.4 is 15.2 Å². The Morgan fingerprint density at radius 3 is 2.42 bits per heavy atom. The fraction of sp³-hybridized carbons (Fsp3) is 0.0882. The zero-order chi connectivity index (χ0) is 30.7. The smallest absolute Gasteiger partial charge is 0.297 e. The first kappa shape index (κ1) is 27.8. The van der Waals surface area contributed by atoms with Gasteiger partial charge >= 0.3 is 0 Å². The number of aromatic nitrogens is 2. The third-order valence-corrected chi connectivity index (χ3v) is 10.6. The molecule has 1 unspecified atom stereocenters. The maximum Gasteiger partial charge on any atom is 0.297 e. The van der Waals surface area contributed by atoms with Crippen LogP contribution in [0, 0.1) is 0 Å². The quantitative estimate of drug-likeness (QED) is 0.141. The van der Waals surface area contributed by atoms with E-state index in [9.17, 15) is 9.59 Å². The molecule has 0 bridgehead atoms. The second kappa shape index (κ2) is 10.7. The number of thioether (sulfide) groups is 1. The normalized spacial score (nSPS) is 17.0.